The van der Waals surface area contributed by atoms with Gasteiger partial charge in [-0.1, -0.05) is 140 Å². The monoisotopic (exact) mass is 1350 g/mol. The highest BCUT2D eigenvalue weighted by Crippen LogP contribution is 2.42. The number of carbonyl (C=O) groups excluding carboxylic acids is 7. The molecule has 5 aliphatic heterocycles. The Morgan fingerprint density at radius 3 is 1.55 bits per heavy atom. The Labute approximate surface area is 556 Å². The van der Waals surface area contributed by atoms with Crippen molar-refractivity contribution < 1.29 is 111 Å². The Balaban J connectivity index is 0.886. The summed E-state index contributed by atoms with van der Waals surface area (Å²) in [4.78, 5) is 96.9. The molecular weight excluding hydrogens is 1270 g/mol. The number of benzene rings is 5. The number of hydrogen-bond acceptors (Lipinski definition) is 23. The minimum Gasteiger partial charge on any atom is -0.445 e. The van der Waals surface area contributed by atoms with E-state index in [9.17, 15) is 59.1 Å². The van der Waals surface area contributed by atoms with E-state index in [0.717, 1.165) is 10.5 Å². The van der Waals surface area contributed by atoms with Gasteiger partial charge in [-0.25, -0.2) is 19.2 Å². The number of hydrogen-bond donors (Lipinski definition) is 10. The zero-order valence-corrected chi connectivity index (χ0v) is 52.6. The van der Waals surface area contributed by atoms with Crippen molar-refractivity contribution in [3.05, 3.63) is 179 Å². The van der Waals surface area contributed by atoms with Gasteiger partial charge in [0.2, 0.25) is 5.91 Å². The van der Waals surface area contributed by atoms with Gasteiger partial charge in [0.25, 0.3) is 11.8 Å². The molecule has 29 nitrogen and oxygen atoms in total. The van der Waals surface area contributed by atoms with Gasteiger partial charge < -0.3 is 104 Å². The topological polar surface area (TPSA) is 389 Å². The number of nitrogens with zero attached hydrogens (tertiary/aromatic N) is 1. The molecule has 97 heavy (non-hydrogen) atoms. The average Bonchev–Trinajstić information content (AvgIpc) is 1.68. The predicted molar refractivity (Wildman–Crippen MR) is 334 cm³/mol. The molecule has 1 aliphatic carbocycles. The summed E-state index contributed by atoms with van der Waals surface area (Å²) in [5, 5.41) is 71.0. The molecule has 0 radical (unpaired) electrons. The van der Waals surface area contributed by atoms with Crippen LogP contribution in [0.5, 0.6) is 0 Å². The van der Waals surface area contributed by atoms with E-state index >= 15 is 0 Å². The number of nitrogens with one attached hydrogen (secondary N) is 5. The van der Waals surface area contributed by atoms with Crippen LogP contribution in [0.4, 0.5) is 19.2 Å². The SMILES string of the molecule is CCC1OC(OC2CC(OC3C(O)C(NC(=O)C(O)CCNC(=O)OCc4ccccc4)CC(NC(=O)OCc4ccccc4)C3OC3OC(CN4C(=O)c5ccccc5C4=O)C4OC4C3NC(=O)OCc3ccccc3)OC2CO)C(NC(=O)OCc2ccccc2)C(O)C1O. The van der Waals surface area contributed by atoms with E-state index in [4.69, 9.17) is 52.1 Å². The smallest absolute Gasteiger partial charge is 0.407 e. The van der Waals surface area contributed by atoms with Crippen LogP contribution in [-0.4, -0.2) is 209 Å². The summed E-state index contributed by atoms with van der Waals surface area (Å²) in [6.45, 7) is -0.261. The van der Waals surface area contributed by atoms with Gasteiger partial charge in [0.1, 0.15) is 99.6 Å². The fourth-order valence-electron chi connectivity index (χ4n) is 12.4. The summed E-state index contributed by atoms with van der Waals surface area (Å²) in [7, 11) is 0. The Bertz CT molecular complexity index is 3440. The van der Waals surface area contributed by atoms with Crippen LogP contribution in [-0.2, 0) is 83.3 Å². The molecule has 19 atom stereocenters. The lowest BCUT2D eigenvalue weighted by molar-refractivity contribution is -0.283. The quantitative estimate of drug-likeness (QED) is 0.0216. The van der Waals surface area contributed by atoms with Crippen molar-refractivity contribution in [2.24, 2.45) is 0 Å². The molecule has 0 spiro atoms. The molecule has 0 bridgehead atoms. The highest BCUT2D eigenvalue weighted by Gasteiger charge is 2.62. The lowest BCUT2D eigenvalue weighted by Crippen LogP contribution is -2.68. The molecule has 0 aromatic heterocycles. The molecule has 6 aliphatic rings. The standard InChI is InChI=1S/C68H78N6O23/c1-2-46-54(78)55(79)51(72-67(85)89-35-39-21-11-5-12-22-39)63(92-46)93-47-30-50(91-49(47)32-75)95-59-53(77)43(70-60(80)45(76)27-28-69-65(83)87-33-37-17-7-3-8-18-37)29-44(71-66(84)88-34-38-19-9-4-10-20-38)56(59)97-64-52(73-68(86)90-36-40-23-13-6-14-24-40)58-57(96-58)48(94-64)31-74-61(81)41-25-15-16-26-42(41)62(74)82/h3-26,43-59,63-64,75-79H,2,27-36H2,1H3,(H,69,83)(H,70,80)(H,71,84)(H,72,85)(H,73,86). The number of ether oxygens (including phenoxy) is 11. The number of amides is 7. The number of fused-ring (bicyclic) bond motifs is 2. The van der Waals surface area contributed by atoms with Gasteiger partial charge in [0.05, 0.1) is 48.6 Å². The first-order valence-electron chi connectivity index (χ1n) is 32.1. The van der Waals surface area contributed by atoms with Crippen LogP contribution in [0, 0.1) is 0 Å². The van der Waals surface area contributed by atoms with Crippen molar-refractivity contribution in [2.75, 3.05) is 19.7 Å². The number of imide groups is 1. The van der Waals surface area contributed by atoms with Crippen LogP contribution in [0.1, 0.15) is 75.6 Å². The van der Waals surface area contributed by atoms with Gasteiger partial charge in [0.15, 0.2) is 18.9 Å². The number of rotatable bonds is 26. The minimum absolute atomic E-state index is 0.0511. The van der Waals surface area contributed by atoms with Gasteiger partial charge in [-0.3, -0.25) is 19.3 Å². The Morgan fingerprint density at radius 1 is 0.515 bits per heavy atom. The zero-order chi connectivity index (χ0) is 68.1. The molecule has 10 N–H and O–H groups in total. The van der Waals surface area contributed by atoms with Crippen molar-refractivity contribution in [1.82, 2.24) is 31.5 Å². The van der Waals surface area contributed by atoms with Gasteiger partial charge in [0, 0.05) is 13.0 Å². The van der Waals surface area contributed by atoms with Gasteiger partial charge in [-0.2, -0.15) is 0 Å². The second-order valence-electron chi connectivity index (χ2n) is 24.1. The summed E-state index contributed by atoms with van der Waals surface area (Å²) in [5.41, 5.74) is 2.94. The van der Waals surface area contributed by atoms with Crippen LogP contribution in [0.3, 0.4) is 0 Å². The molecular formula is C68H78N6O23. The van der Waals surface area contributed by atoms with Crippen molar-refractivity contribution in [1.29, 1.82) is 0 Å². The maximum atomic E-state index is 14.2. The number of aliphatic hydroxyl groups is 5. The number of aliphatic hydroxyl groups excluding tert-OH is 5. The first-order valence-corrected chi connectivity index (χ1v) is 32.1. The molecule has 29 heteroatoms. The number of alkyl carbamates (subject to hydrolysis) is 4. The summed E-state index contributed by atoms with van der Waals surface area (Å²) < 4.78 is 67.6. The largest absolute Gasteiger partial charge is 0.445 e. The first-order chi connectivity index (χ1) is 47.0. The molecule has 5 aromatic rings. The summed E-state index contributed by atoms with van der Waals surface area (Å²) in [6, 6.07) is 35.8. The van der Waals surface area contributed by atoms with Crippen LogP contribution >= 0.6 is 0 Å². The fourth-order valence-corrected chi connectivity index (χ4v) is 12.4. The molecule has 11 rings (SSSR count). The average molecular weight is 1350 g/mol. The van der Waals surface area contributed by atoms with E-state index in [-0.39, 0.29) is 69.9 Å². The normalized spacial score (nSPS) is 29.8. The van der Waals surface area contributed by atoms with Crippen LogP contribution in [0.2, 0.25) is 0 Å². The minimum atomic E-state index is -1.90. The lowest BCUT2D eigenvalue weighted by Gasteiger charge is -2.47. The zero-order valence-electron chi connectivity index (χ0n) is 52.6. The second kappa shape index (κ2) is 32.6. The Kier molecular flexibility index (Phi) is 23.4. The molecule has 1 saturated carbocycles. The first kappa shape index (κ1) is 69.7. The molecule has 4 saturated heterocycles. The lowest BCUT2D eigenvalue weighted by atomic mass is 9.83. The Hall–Kier alpha value is -8.69. The third-order valence-electron chi connectivity index (χ3n) is 17.5. The second-order valence-corrected chi connectivity index (χ2v) is 24.1. The van der Waals surface area contributed by atoms with E-state index in [1.807, 2.05) is 0 Å². The van der Waals surface area contributed by atoms with Crippen molar-refractivity contribution in [3.63, 3.8) is 0 Å². The van der Waals surface area contributed by atoms with E-state index in [0.29, 0.717) is 16.7 Å². The van der Waals surface area contributed by atoms with E-state index in [1.54, 1.807) is 140 Å². The van der Waals surface area contributed by atoms with Gasteiger partial charge in [-0.05, 0) is 53.6 Å². The molecule has 19 unspecified atom stereocenters. The number of epoxide rings is 1. The highest BCUT2D eigenvalue weighted by atomic mass is 16.8. The highest BCUT2D eigenvalue weighted by molar-refractivity contribution is 6.21. The molecule has 5 aromatic carbocycles. The van der Waals surface area contributed by atoms with Gasteiger partial charge >= 0.3 is 24.4 Å². The maximum Gasteiger partial charge on any atom is 0.407 e. The van der Waals surface area contributed by atoms with Crippen molar-refractivity contribution in [2.45, 2.75) is 175 Å². The van der Waals surface area contributed by atoms with Crippen molar-refractivity contribution >= 4 is 42.1 Å². The third kappa shape index (κ3) is 17.5. The fraction of sp³-hybridized carbons (Fsp3) is 0.456. The predicted octanol–water partition coefficient (Wildman–Crippen LogP) is 2.71. The summed E-state index contributed by atoms with van der Waals surface area (Å²) in [5.74, 6) is -2.25. The molecule has 7 amide bonds. The maximum absolute atomic E-state index is 14.2. The summed E-state index contributed by atoms with van der Waals surface area (Å²) in [6.07, 6.45) is -26.2. The van der Waals surface area contributed by atoms with E-state index < -0.39 is 171 Å². The molecule has 5 fully saturated rings. The van der Waals surface area contributed by atoms with Crippen LogP contribution in [0.25, 0.3) is 0 Å². The van der Waals surface area contributed by atoms with Crippen molar-refractivity contribution in [3.8, 4) is 0 Å². The van der Waals surface area contributed by atoms with E-state index in [2.05, 4.69) is 26.6 Å². The molecule has 518 valence electrons. The third-order valence-corrected chi connectivity index (χ3v) is 17.5. The van der Waals surface area contributed by atoms with Crippen LogP contribution < -0.4 is 26.6 Å². The number of carbonyl (C=O) groups is 7. The summed E-state index contributed by atoms with van der Waals surface area (Å²) >= 11 is 0. The van der Waals surface area contributed by atoms with E-state index in [1.165, 1.54) is 12.1 Å². The molecule has 5 heterocycles. The Morgan fingerprint density at radius 2 is 1.01 bits per heavy atom. The van der Waals surface area contributed by atoms with Gasteiger partial charge in [-0.15, -0.1) is 0 Å². The van der Waals surface area contributed by atoms with Crippen LogP contribution in [0.15, 0.2) is 146 Å².